The molecule has 0 spiro atoms. The fourth-order valence-electron chi connectivity index (χ4n) is 3.23. The third-order valence-electron chi connectivity index (χ3n) is 4.89. The molecule has 0 aliphatic rings. The molecule has 4 aromatic carbocycles. The van der Waals surface area contributed by atoms with Gasteiger partial charge in [0.05, 0.1) is 16.7 Å². The first-order chi connectivity index (χ1) is 16.1. The zero-order chi connectivity index (χ0) is 23.0. The predicted octanol–water partition coefficient (Wildman–Crippen LogP) is 5.55. The van der Waals surface area contributed by atoms with E-state index in [2.05, 4.69) is 0 Å². The SMILES string of the molecule is O=C(Oc1ccc(C(=O)Cc2ccccc2)c(OC(=O)c2ccccc2)c1)c1ccccc1. The van der Waals surface area contributed by atoms with Crippen molar-refractivity contribution in [1.29, 1.82) is 0 Å². The highest BCUT2D eigenvalue weighted by Crippen LogP contribution is 2.28. The summed E-state index contributed by atoms with van der Waals surface area (Å²) in [5.41, 5.74) is 1.78. The fraction of sp³-hybridized carbons (Fsp3) is 0.0357. The number of Topliss-reactive ketones (excluding diaryl/α,β-unsaturated/α-hetero) is 1. The molecule has 0 saturated carbocycles. The molecule has 4 aromatic rings. The van der Waals surface area contributed by atoms with Crippen molar-refractivity contribution in [2.75, 3.05) is 0 Å². The Morgan fingerprint density at radius 2 is 1.09 bits per heavy atom. The monoisotopic (exact) mass is 436 g/mol. The summed E-state index contributed by atoms with van der Waals surface area (Å²) in [6.45, 7) is 0. The number of benzene rings is 4. The first-order valence-electron chi connectivity index (χ1n) is 10.4. The molecule has 0 aliphatic heterocycles. The third kappa shape index (κ3) is 5.60. The number of rotatable bonds is 7. The van der Waals surface area contributed by atoms with Crippen molar-refractivity contribution in [2.45, 2.75) is 6.42 Å². The molecular formula is C28H20O5. The normalized spacial score (nSPS) is 10.3. The van der Waals surface area contributed by atoms with E-state index in [1.54, 1.807) is 60.7 Å². The van der Waals surface area contributed by atoms with Crippen LogP contribution in [0.25, 0.3) is 0 Å². The molecule has 0 fully saturated rings. The minimum Gasteiger partial charge on any atom is -0.423 e. The highest BCUT2D eigenvalue weighted by molar-refractivity contribution is 6.02. The third-order valence-corrected chi connectivity index (χ3v) is 4.89. The molecule has 162 valence electrons. The van der Waals surface area contributed by atoms with Gasteiger partial charge in [-0.05, 0) is 42.0 Å². The molecular weight excluding hydrogens is 416 g/mol. The number of carbonyl (C=O) groups excluding carboxylic acids is 3. The second-order valence-electron chi connectivity index (χ2n) is 7.25. The maximum atomic E-state index is 13.0. The van der Waals surface area contributed by atoms with Crippen molar-refractivity contribution >= 4 is 17.7 Å². The van der Waals surface area contributed by atoms with Crippen LogP contribution in [0.1, 0.15) is 36.6 Å². The van der Waals surface area contributed by atoms with E-state index in [9.17, 15) is 14.4 Å². The zero-order valence-electron chi connectivity index (χ0n) is 17.6. The molecule has 0 saturated heterocycles. The maximum absolute atomic E-state index is 13.0. The van der Waals surface area contributed by atoms with Crippen molar-refractivity contribution in [3.8, 4) is 11.5 Å². The summed E-state index contributed by atoms with van der Waals surface area (Å²) in [6, 6.07) is 30.7. The van der Waals surface area contributed by atoms with Crippen LogP contribution >= 0.6 is 0 Å². The lowest BCUT2D eigenvalue weighted by Gasteiger charge is -2.12. The Morgan fingerprint density at radius 1 is 0.576 bits per heavy atom. The molecule has 0 N–H and O–H groups in total. The highest BCUT2D eigenvalue weighted by Gasteiger charge is 2.19. The van der Waals surface area contributed by atoms with E-state index in [0.29, 0.717) is 11.1 Å². The van der Waals surface area contributed by atoms with Crippen LogP contribution in [0.4, 0.5) is 0 Å². The van der Waals surface area contributed by atoms with E-state index in [4.69, 9.17) is 9.47 Å². The van der Waals surface area contributed by atoms with E-state index >= 15 is 0 Å². The summed E-state index contributed by atoms with van der Waals surface area (Å²) in [6.07, 6.45) is 0.139. The summed E-state index contributed by atoms with van der Waals surface area (Å²) < 4.78 is 11.0. The van der Waals surface area contributed by atoms with Crippen LogP contribution in [0.2, 0.25) is 0 Å². The van der Waals surface area contributed by atoms with Gasteiger partial charge in [0.2, 0.25) is 0 Å². The Morgan fingerprint density at radius 3 is 1.67 bits per heavy atom. The number of hydrogen-bond acceptors (Lipinski definition) is 5. The molecule has 0 radical (unpaired) electrons. The summed E-state index contributed by atoms with van der Waals surface area (Å²) in [5.74, 6) is -1.20. The molecule has 0 aromatic heterocycles. The molecule has 4 rings (SSSR count). The predicted molar refractivity (Wildman–Crippen MR) is 124 cm³/mol. The largest absolute Gasteiger partial charge is 0.423 e. The van der Waals surface area contributed by atoms with Gasteiger partial charge in [-0.1, -0.05) is 66.7 Å². The molecule has 0 bridgehead atoms. The van der Waals surface area contributed by atoms with Crippen LogP contribution in [0.5, 0.6) is 11.5 Å². The number of esters is 2. The van der Waals surface area contributed by atoms with E-state index in [-0.39, 0.29) is 29.3 Å². The summed E-state index contributed by atoms with van der Waals surface area (Å²) in [4.78, 5) is 38.1. The lowest BCUT2D eigenvalue weighted by molar-refractivity contribution is 0.0731. The molecule has 0 heterocycles. The van der Waals surface area contributed by atoms with Crippen LogP contribution in [-0.4, -0.2) is 17.7 Å². The van der Waals surface area contributed by atoms with Gasteiger partial charge in [0.15, 0.2) is 5.78 Å². The Hall–Kier alpha value is -4.51. The molecule has 33 heavy (non-hydrogen) atoms. The number of hydrogen-bond donors (Lipinski definition) is 0. The first kappa shape index (κ1) is 21.7. The van der Waals surface area contributed by atoms with Gasteiger partial charge in [-0.25, -0.2) is 9.59 Å². The molecule has 5 nitrogen and oxygen atoms in total. The highest BCUT2D eigenvalue weighted by atomic mass is 16.5. The lowest BCUT2D eigenvalue weighted by atomic mass is 10.0. The smallest absolute Gasteiger partial charge is 0.343 e. The van der Waals surface area contributed by atoms with Crippen LogP contribution in [-0.2, 0) is 6.42 Å². The van der Waals surface area contributed by atoms with Gasteiger partial charge in [0, 0.05) is 12.5 Å². The van der Waals surface area contributed by atoms with Gasteiger partial charge in [-0.15, -0.1) is 0 Å². The summed E-state index contributed by atoms with van der Waals surface area (Å²) in [7, 11) is 0. The lowest BCUT2D eigenvalue weighted by Crippen LogP contribution is -2.14. The van der Waals surface area contributed by atoms with E-state index in [1.807, 2.05) is 30.3 Å². The molecule has 0 amide bonds. The van der Waals surface area contributed by atoms with Gasteiger partial charge >= 0.3 is 11.9 Å². The van der Waals surface area contributed by atoms with Gasteiger partial charge in [0.25, 0.3) is 0 Å². The van der Waals surface area contributed by atoms with Gasteiger partial charge < -0.3 is 9.47 Å². The Bertz CT molecular complexity index is 1270. The second kappa shape index (κ2) is 10.2. The Labute approximate surface area is 191 Å². The topological polar surface area (TPSA) is 69.7 Å². The molecule has 0 atom stereocenters. The van der Waals surface area contributed by atoms with Crippen LogP contribution < -0.4 is 9.47 Å². The summed E-state index contributed by atoms with van der Waals surface area (Å²) in [5, 5.41) is 0. The standard InChI is InChI=1S/C28H20O5/c29-25(18-20-10-4-1-5-11-20)24-17-16-23(32-27(30)21-12-6-2-7-13-21)19-26(24)33-28(31)22-14-8-3-9-15-22/h1-17,19H,18H2. The van der Waals surface area contributed by atoms with Gasteiger partial charge in [-0.2, -0.15) is 0 Å². The number of ketones is 1. The number of carbonyl (C=O) groups is 3. The van der Waals surface area contributed by atoms with Crippen LogP contribution in [0, 0.1) is 0 Å². The minimum absolute atomic E-state index is 0.0307. The fourth-order valence-corrected chi connectivity index (χ4v) is 3.23. The quantitative estimate of drug-likeness (QED) is 0.216. The van der Waals surface area contributed by atoms with Crippen molar-refractivity contribution in [1.82, 2.24) is 0 Å². The Balaban J connectivity index is 1.62. The van der Waals surface area contributed by atoms with E-state index < -0.39 is 11.9 Å². The average Bonchev–Trinajstić information content (AvgIpc) is 2.86. The van der Waals surface area contributed by atoms with Crippen molar-refractivity contribution in [3.63, 3.8) is 0 Å². The maximum Gasteiger partial charge on any atom is 0.343 e. The van der Waals surface area contributed by atoms with Crippen molar-refractivity contribution in [2.24, 2.45) is 0 Å². The molecule has 5 heteroatoms. The van der Waals surface area contributed by atoms with Crippen molar-refractivity contribution in [3.05, 3.63) is 131 Å². The first-order valence-corrected chi connectivity index (χ1v) is 10.4. The molecule has 0 aliphatic carbocycles. The summed E-state index contributed by atoms with van der Waals surface area (Å²) >= 11 is 0. The van der Waals surface area contributed by atoms with Crippen LogP contribution in [0.3, 0.4) is 0 Å². The van der Waals surface area contributed by atoms with Crippen molar-refractivity contribution < 1.29 is 23.9 Å². The number of ether oxygens (including phenoxy) is 2. The van der Waals surface area contributed by atoms with E-state index in [0.717, 1.165) is 5.56 Å². The van der Waals surface area contributed by atoms with E-state index in [1.165, 1.54) is 18.2 Å². The van der Waals surface area contributed by atoms with Crippen LogP contribution in [0.15, 0.2) is 109 Å². The van der Waals surface area contributed by atoms with Gasteiger partial charge in [0.1, 0.15) is 11.5 Å². The molecule has 0 unspecified atom stereocenters. The Kier molecular flexibility index (Phi) is 6.71. The minimum atomic E-state index is -0.615. The van der Waals surface area contributed by atoms with Gasteiger partial charge in [-0.3, -0.25) is 4.79 Å². The zero-order valence-corrected chi connectivity index (χ0v) is 17.6. The average molecular weight is 436 g/mol. The second-order valence-corrected chi connectivity index (χ2v) is 7.25.